The first-order valence-corrected chi connectivity index (χ1v) is 12.0. The largest absolute Gasteiger partial charge is 0.495 e. The van der Waals surface area contributed by atoms with Crippen molar-refractivity contribution in [1.82, 2.24) is 14.7 Å². The van der Waals surface area contributed by atoms with Gasteiger partial charge in [0.25, 0.3) is 0 Å². The summed E-state index contributed by atoms with van der Waals surface area (Å²) in [4.78, 5) is 31.2. The molecule has 2 aliphatic rings. The number of aryl methyl sites for hydroxylation is 1. The van der Waals surface area contributed by atoms with E-state index >= 15 is 0 Å². The van der Waals surface area contributed by atoms with Crippen LogP contribution in [0.3, 0.4) is 0 Å². The number of hydrogen-bond acceptors (Lipinski definition) is 6. The minimum absolute atomic E-state index is 0.0636. The van der Waals surface area contributed by atoms with Crippen LogP contribution in [0.4, 0.5) is 10.5 Å². The number of methoxy groups -OCH3 is 1. The summed E-state index contributed by atoms with van der Waals surface area (Å²) in [5.74, 6) is 0.690. The lowest BCUT2D eigenvalue weighted by molar-refractivity contribution is -0.134. The van der Waals surface area contributed by atoms with Gasteiger partial charge in [0, 0.05) is 56.4 Å². The first kappa shape index (κ1) is 25.4. The molecule has 2 saturated heterocycles. The van der Waals surface area contributed by atoms with E-state index in [0.717, 1.165) is 30.8 Å². The summed E-state index contributed by atoms with van der Waals surface area (Å²) in [5.41, 5.74) is 1.30. The molecule has 0 saturated carbocycles. The monoisotopic (exact) mass is 480 g/mol. The van der Waals surface area contributed by atoms with Gasteiger partial charge in [-0.3, -0.25) is 9.69 Å². The molecule has 0 spiro atoms. The molecule has 0 bridgehead atoms. The number of nitrogens with one attached hydrogen (secondary N) is 1. The molecule has 0 aromatic heterocycles. The van der Waals surface area contributed by atoms with Gasteiger partial charge in [0.1, 0.15) is 17.4 Å². The maximum Gasteiger partial charge on any atom is 0.410 e. The molecule has 2 fully saturated rings. The van der Waals surface area contributed by atoms with Crippen LogP contribution < -0.4 is 10.1 Å². The lowest BCUT2D eigenvalue weighted by atomic mass is 10.1. The van der Waals surface area contributed by atoms with E-state index in [2.05, 4.69) is 10.2 Å². The van der Waals surface area contributed by atoms with Crippen molar-refractivity contribution in [2.45, 2.75) is 58.7 Å². The molecule has 1 aromatic rings. The van der Waals surface area contributed by atoms with Crippen molar-refractivity contribution >= 4 is 29.3 Å². The number of hydrogen-bond donors (Lipinski definition) is 1. The Morgan fingerprint density at radius 3 is 2.33 bits per heavy atom. The molecule has 1 aromatic carbocycles. The zero-order valence-corrected chi connectivity index (χ0v) is 21.4. The second-order valence-electron chi connectivity index (χ2n) is 9.76. The summed E-state index contributed by atoms with van der Waals surface area (Å²) >= 11 is 6.30. The Bertz CT molecular complexity index is 859. The van der Waals surface area contributed by atoms with Crippen LogP contribution >= 0.6 is 11.6 Å². The van der Waals surface area contributed by atoms with Crippen LogP contribution in [0.2, 0.25) is 5.02 Å². The zero-order valence-electron chi connectivity index (χ0n) is 20.6. The van der Waals surface area contributed by atoms with Crippen LogP contribution in [0.1, 0.15) is 40.2 Å². The van der Waals surface area contributed by atoms with Crippen LogP contribution in [0.5, 0.6) is 5.75 Å². The van der Waals surface area contributed by atoms with Gasteiger partial charge in [-0.05, 0) is 45.7 Å². The quantitative estimate of drug-likeness (QED) is 0.672. The van der Waals surface area contributed by atoms with Gasteiger partial charge in [-0.15, -0.1) is 0 Å². The van der Waals surface area contributed by atoms with E-state index in [4.69, 9.17) is 21.1 Å². The molecule has 33 heavy (non-hydrogen) atoms. The summed E-state index contributed by atoms with van der Waals surface area (Å²) in [6.45, 7) is 13.8. The van der Waals surface area contributed by atoms with E-state index < -0.39 is 5.60 Å². The maximum absolute atomic E-state index is 13.1. The smallest absolute Gasteiger partial charge is 0.410 e. The lowest BCUT2D eigenvalue weighted by Gasteiger charge is -2.48. The third kappa shape index (κ3) is 6.23. The third-order valence-electron chi connectivity index (χ3n) is 6.15. The zero-order chi connectivity index (χ0) is 24.3. The Balaban J connectivity index is 1.48. The van der Waals surface area contributed by atoms with Gasteiger partial charge in [-0.2, -0.15) is 0 Å². The summed E-state index contributed by atoms with van der Waals surface area (Å²) in [6.07, 6.45) is 0.547. The number of halogens is 1. The van der Waals surface area contributed by atoms with Crippen LogP contribution in [0, 0.1) is 0 Å². The topological polar surface area (TPSA) is 74.4 Å². The minimum atomic E-state index is -0.479. The van der Waals surface area contributed by atoms with Gasteiger partial charge >= 0.3 is 6.09 Å². The predicted octanol–water partition coefficient (Wildman–Crippen LogP) is 3.47. The number of ether oxygens (including phenoxy) is 2. The van der Waals surface area contributed by atoms with E-state index in [9.17, 15) is 9.59 Å². The Morgan fingerprint density at radius 1 is 1.15 bits per heavy atom. The fourth-order valence-electron chi connectivity index (χ4n) is 4.19. The third-order valence-corrected chi connectivity index (χ3v) is 6.50. The van der Waals surface area contributed by atoms with Gasteiger partial charge in [-0.25, -0.2) is 4.79 Å². The van der Waals surface area contributed by atoms with Gasteiger partial charge in [0.2, 0.25) is 5.91 Å². The fourth-order valence-corrected chi connectivity index (χ4v) is 4.48. The van der Waals surface area contributed by atoms with Crippen LogP contribution in [-0.2, 0) is 16.0 Å². The molecular formula is C24H37ClN4O4. The van der Waals surface area contributed by atoms with Crippen molar-refractivity contribution in [3.8, 4) is 5.75 Å². The number of amides is 2. The summed E-state index contributed by atoms with van der Waals surface area (Å²) in [6, 6.07) is 3.69. The van der Waals surface area contributed by atoms with E-state index in [-0.39, 0.29) is 18.0 Å². The second-order valence-corrected chi connectivity index (χ2v) is 10.2. The summed E-state index contributed by atoms with van der Waals surface area (Å²) in [5, 5.41) is 3.97. The molecule has 1 unspecified atom stereocenters. The molecule has 2 aliphatic heterocycles. The lowest BCUT2D eigenvalue weighted by Crippen LogP contribution is -2.65. The normalized spacial score (nSPS) is 18.5. The molecule has 0 radical (unpaired) electrons. The van der Waals surface area contributed by atoms with Gasteiger partial charge in [-0.1, -0.05) is 18.5 Å². The molecule has 2 amide bonds. The molecule has 9 heteroatoms. The number of likely N-dealkylation sites (tertiary alicyclic amines) is 1. The number of anilines is 1. The Labute approximate surface area is 202 Å². The predicted molar refractivity (Wildman–Crippen MR) is 130 cm³/mol. The maximum atomic E-state index is 13.1. The molecule has 1 atom stereocenters. The second kappa shape index (κ2) is 10.4. The van der Waals surface area contributed by atoms with Crippen molar-refractivity contribution in [2.24, 2.45) is 0 Å². The first-order valence-electron chi connectivity index (χ1n) is 11.7. The number of benzene rings is 1. The average molecular weight is 481 g/mol. The number of nitrogens with zero attached hydrogens (tertiary/aromatic N) is 3. The fraction of sp³-hybridized carbons (Fsp3) is 0.667. The Morgan fingerprint density at radius 2 is 1.79 bits per heavy atom. The molecule has 2 heterocycles. The van der Waals surface area contributed by atoms with Crippen LogP contribution in [-0.4, -0.2) is 90.8 Å². The Hall–Kier alpha value is -2.19. The number of carbonyl (C=O) groups excluding carboxylic acids is 2. The molecule has 0 aliphatic carbocycles. The highest BCUT2D eigenvalue weighted by Gasteiger charge is 2.38. The van der Waals surface area contributed by atoms with E-state index in [1.807, 2.05) is 45.6 Å². The highest BCUT2D eigenvalue weighted by Crippen LogP contribution is 2.32. The molecular weight excluding hydrogens is 444 g/mol. The van der Waals surface area contributed by atoms with E-state index in [1.165, 1.54) is 0 Å². The van der Waals surface area contributed by atoms with Crippen molar-refractivity contribution in [1.29, 1.82) is 0 Å². The highest BCUT2D eigenvalue weighted by atomic mass is 35.5. The number of piperazine rings is 1. The first-order chi connectivity index (χ1) is 15.5. The Kier molecular flexibility index (Phi) is 8.00. The van der Waals surface area contributed by atoms with Gasteiger partial charge in [0.05, 0.1) is 12.8 Å². The van der Waals surface area contributed by atoms with Crippen molar-refractivity contribution in [3.05, 3.63) is 22.7 Å². The SMILES string of the molecule is CCc1cc(NC(C)C(=O)N2CCN(C3CN(C(=O)OC(C)(C)C)C3)CC2)c(OC)cc1Cl. The standard InChI is InChI=1S/C24H37ClN4O4/c1-7-17-12-20(21(32-6)13-19(17)25)26-16(2)22(30)28-10-8-27(9-11-28)18-14-29(15-18)23(31)33-24(3,4)5/h12-13,16,18,26H,7-11,14-15H2,1-6H3. The number of carbonyl (C=O) groups is 2. The highest BCUT2D eigenvalue weighted by molar-refractivity contribution is 6.31. The molecule has 3 rings (SSSR count). The summed E-state index contributed by atoms with van der Waals surface area (Å²) < 4.78 is 10.9. The van der Waals surface area contributed by atoms with Crippen LogP contribution in [0.25, 0.3) is 0 Å². The van der Waals surface area contributed by atoms with Crippen molar-refractivity contribution < 1.29 is 19.1 Å². The minimum Gasteiger partial charge on any atom is -0.495 e. The number of rotatable bonds is 6. The summed E-state index contributed by atoms with van der Waals surface area (Å²) in [7, 11) is 1.60. The molecule has 184 valence electrons. The molecule has 8 nitrogen and oxygen atoms in total. The van der Waals surface area contributed by atoms with E-state index in [1.54, 1.807) is 18.1 Å². The van der Waals surface area contributed by atoms with Gasteiger partial charge in [0.15, 0.2) is 0 Å². The average Bonchev–Trinajstić information content (AvgIpc) is 2.72. The van der Waals surface area contributed by atoms with Crippen molar-refractivity contribution in [3.63, 3.8) is 0 Å². The van der Waals surface area contributed by atoms with E-state index in [0.29, 0.717) is 43.0 Å². The van der Waals surface area contributed by atoms with Crippen molar-refractivity contribution in [2.75, 3.05) is 51.7 Å². The van der Waals surface area contributed by atoms with Crippen LogP contribution in [0.15, 0.2) is 12.1 Å². The molecule has 1 N–H and O–H groups in total. The van der Waals surface area contributed by atoms with Gasteiger partial charge < -0.3 is 24.6 Å².